The number of amides is 1. The molecule has 0 bridgehead atoms. The van der Waals surface area contributed by atoms with Gasteiger partial charge in [-0.05, 0) is 87.3 Å². The maximum Gasteiger partial charge on any atom is 0.410 e. The van der Waals surface area contributed by atoms with Crippen LogP contribution in [0.1, 0.15) is 74.7 Å². The quantitative estimate of drug-likeness (QED) is 0.0767. The Labute approximate surface area is 324 Å². The van der Waals surface area contributed by atoms with E-state index >= 15 is 0 Å². The fourth-order valence-corrected chi connectivity index (χ4v) is 8.60. The number of aromatic nitrogens is 1. The van der Waals surface area contributed by atoms with Gasteiger partial charge in [0, 0.05) is 43.4 Å². The van der Waals surface area contributed by atoms with Crippen LogP contribution in [0.15, 0.2) is 65.9 Å². The van der Waals surface area contributed by atoms with Crippen molar-refractivity contribution in [3.05, 3.63) is 77.7 Å². The molecule has 5 rings (SSSR count). The van der Waals surface area contributed by atoms with Crippen molar-refractivity contribution in [3.8, 4) is 11.5 Å². The molecule has 1 aromatic carbocycles. The van der Waals surface area contributed by atoms with Gasteiger partial charge in [-0.25, -0.2) is 4.79 Å². The van der Waals surface area contributed by atoms with E-state index in [-0.39, 0.29) is 83.6 Å². The molecule has 302 valence electrons. The normalized spacial score (nSPS) is 24.6. The maximum atomic E-state index is 14.0. The molecule has 0 saturated heterocycles. The van der Waals surface area contributed by atoms with Crippen LogP contribution in [0.2, 0.25) is 0 Å². The highest BCUT2D eigenvalue weighted by Crippen LogP contribution is 2.62. The molecule has 0 spiro atoms. The lowest BCUT2D eigenvalue weighted by atomic mass is 9.55. The number of hydrogen-bond donors (Lipinski definition) is 3. The number of rotatable bonds is 22. The molecular formula is C42H59N3O10. The van der Waals surface area contributed by atoms with Gasteiger partial charge in [-0.15, -0.1) is 6.58 Å². The van der Waals surface area contributed by atoms with E-state index in [1.54, 1.807) is 17.9 Å². The number of carbonyl (C=O) groups excluding carboxylic acids is 1. The van der Waals surface area contributed by atoms with Crippen molar-refractivity contribution in [3.63, 3.8) is 0 Å². The number of hydrogen-bond acceptors (Lipinski definition) is 12. The van der Waals surface area contributed by atoms with E-state index in [2.05, 4.69) is 28.9 Å². The molecule has 3 N–H and O–H groups in total. The van der Waals surface area contributed by atoms with Crippen LogP contribution in [0.4, 0.5) is 4.79 Å². The van der Waals surface area contributed by atoms with Gasteiger partial charge in [0.05, 0.1) is 50.4 Å². The Morgan fingerprint density at radius 3 is 2.60 bits per heavy atom. The van der Waals surface area contributed by atoms with Crippen molar-refractivity contribution in [2.24, 2.45) is 22.9 Å². The number of carbonyl (C=O) groups is 1. The fraction of sp³-hybridized carbons (Fsp3) is 0.595. The minimum atomic E-state index is -1.42. The van der Waals surface area contributed by atoms with Gasteiger partial charge >= 0.3 is 6.09 Å². The summed E-state index contributed by atoms with van der Waals surface area (Å²) in [5, 5.41) is 33.6. The summed E-state index contributed by atoms with van der Waals surface area (Å²) in [4.78, 5) is 25.7. The molecule has 1 amide bonds. The molecule has 6 unspecified atom stereocenters. The lowest BCUT2D eigenvalue weighted by molar-refractivity contribution is -0.256. The Hall–Kier alpha value is -4.01. The van der Waals surface area contributed by atoms with E-state index < -0.39 is 23.8 Å². The molecule has 13 nitrogen and oxygen atoms in total. The van der Waals surface area contributed by atoms with Crippen LogP contribution in [-0.2, 0) is 25.7 Å². The molecule has 6 atom stereocenters. The topological polar surface area (TPSA) is 162 Å². The summed E-state index contributed by atoms with van der Waals surface area (Å²) < 4.78 is 31.8. The summed E-state index contributed by atoms with van der Waals surface area (Å²) in [6.07, 6.45) is 8.27. The van der Waals surface area contributed by atoms with E-state index in [0.29, 0.717) is 30.1 Å². The van der Waals surface area contributed by atoms with Crippen LogP contribution < -0.4 is 9.47 Å². The third kappa shape index (κ3) is 9.87. The van der Waals surface area contributed by atoms with Crippen molar-refractivity contribution in [1.82, 2.24) is 9.88 Å². The molecule has 0 radical (unpaired) electrons. The number of fused-ring (bicyclic) bond motifs is 2. The van der Waals surface area contributed by atoms with Gasteiger partial charge in [0.15, 0.2) is 0 Å². The summed E-state index contributed by atoms with van der Waals surface area (Å²) >= 11 is 0. The minimum absolute atomic E-state index is 0.0634. The highest BCUT2D eigenvalue weighted by molar-refractivity contribution is 6.02. The number of aliphatic hydroxyl groups is 3. The first kappa shape index (κ1) is 42.1. The highest BCUT2D eigenvalue weighted by Gasteiger charge is 2.65. The molecule has 2 aromatic rings. The molecule has 1 fully saturated rings. The second-order valence-electron chi connectivity index (χ2n) is 14.2. The Kier molecular flexibility index (Phi) is 15.9. The van der Waals surface area contributed by atoms with E-state index in [1.165, 1.54) is 7.11 Å². The number of aliphatic hydroxyl groups excluding tert-OH is 3. The number of pyridine rings is 1. The monoisotopic (exact) mass is 765 g/mol. The smallest absolute Gasteiger partial charge is 0.410 e. The third-order valence-corrected chi connectivity index (χ3v) is 10.8. The van der Waals surface area contributed by atoms with Gasteiger partial charge in [-0.3, -0.25) is 9.88 Å². The van der Waals surface area contributed by atoms with Crippen molar-refractivity contribution >= 4 is 11.8 Å². The molecule has 2 aliphatic carbocycles. The largest absolute Gasteiger partial charge is 0.487 e. The summed E-state index contributed by atoms with van der Waals surface area (Å²) in [5.74, 6) is -0.652. The first-order chi connectivity index (χ1) is 26.8. The van der Waals surface area contributed by atoms with Crippen molar-refractivity contribution in [1.29, 1.82) is 0 Å². The third-order valence-electron chi connectivity index (χ3n) is 10.8. The summed E-state index contributed by atoms with van der Waals surface area (Å²) in [6, 6.07) is 11.0. The average Bonchev–Trinajstić information content (AvgIpc) is 3.18. The summed E-state index contributed by atoms with van der Waals surface area (Å²) in [5.41, 5.74) is 4.29. The van der Waals surface area contributed by atoms with Gasteiger partial charge < -0.3 is 43.8 Å². The zero-order chi connectivity index (χ0) is 39.2. The van der Waals surface area contributed by atoms with E-state index in [9.17, 15) is 20.1 Å². The van der Waals surface area contributed by atoms with Gasteiger partial charge in [0.2, 0.25) is 5.79 Å². The van der Waals surface area contributed by atoms with Gasteiger partial charge in [0.25, 0.3) is 0 Å². The molecule has 1 aliphatic heterocycles. The van der Waals surface area contributed by atoms with Gasteiger partial charge in [0.1, 0.15) is 31.3 Å². The number of aryl methyl sites for hydroxylation is 1. The Balaban J connectivity index is 1.72. The molecule has 55 heavy (non-hydrogen) atoms. The molecular weight excluding hydrogens is 706 g/mol. The lowest BCUT2D eigenvalue weighted by Gasteiger charge is -2.59. The van der Waals surface area contributed by atoms with Gasteiger partial charge in [-0.2, -0.15) is 0 Å². The van der Waals surface area contributed by atoms with Crippen LogP contribution in [0.25, 0.3) is 0 Å². The molecule has 3 aliphatic rings. The predicted molar refractivity (Wildman–Crippen MR) is 207 cm³/mol. The summed E-state index contributed by atoms with van der Waals surface area (Å²) in [6.45, 7) is 8.71. The number of nitrogens with zero attached hydrogens (tertiary/aromatic N) is 3. The Morgan fingerprint density at radius 2 is 1.89 bits per heavy atom. The first-order valence-corrected chi connectivity index (χ1v) is 19.6. The van der Waals surface area contributed by atoms with Crippen LogP contribution in [-0.4, -0.2) is 109 Å². The number of benzene rings is 1. The highest BCUT2D eigenvalue weighted by atomic mass is 16.7. The number of ether oxygens (including phenoxy) is 5. The Morgan fingerprint density at radius 1 is 1.09 bits per heavy atom. The number of allylic oxidation sites excluding steroid dienone is 1. The zero-order valence-corrected chi connectivity index (χ0v) is 32.6. The lowest BCUT2D eigenvalue weighted by Crippen LogP contribution is -2.70. The predicted octanol–water partition coefficient (Wildman–Crippen LogP) is 5.70. The standard InChI is InChI=1S/C42H59N3O10/c1-5-22-54-42-38(45(41(49)52-6-2)18-23-51-24-21-48)27-36(44-50-4)34-25-30(13-7-9-19-46)33(15-8-10-20-47)39(40(34)42)35-26-32(16-17-37(35)55-42)53-28-31-14-11-12-29(3)43-31/h5,11-12,14,16-17,25-26,30,33,38-40,46-48H,1,6-10,13,15,18-24,27-28H2,2-4H3. The second kappa shape index (κ2) is 20.8. The molecule has 13 heteroatoms. The van der Waals surface area contributed by atoms with Crippen molar-refractivity contribution in [2.75, 3.05) is 59.9 Å². The van der Waals surface area contributed by atoms with Crippen LogP contribution in [0.3, 0.4) is 0 Å². The van der Waals surface area contributed by atoms with E-state index in [0.717, 1.165) is 48.2 Å². The van der Waals surface area contributed by atoms with Crippen LogP contribution in [0.5, 0.6) is 11.5 Å². The molecule has 2 heterocycles. The summed E-state index contributed by atoms with van der Waals surface area (Å²) in [7, 11) is 1.51. The molecule has 1 saturated carbocycles. The number of oxime groups is 1. The average molecular weight is 766 g/mol. The van der Waals surface area contributed by atoms with Crippen molar-refractivity contribution < 1.29 is 48.6 Å². The van der Waals surface area contributed by atoms with E-state index in [1.807, 2.05) is 37.3 Å². The SMILES string of the molecule is C=CCOC12Oc3ccc(OCc4cccc(C)n4)cc3C3C(CCCCO)C(CCCCO)C=C(C(=NOC)CC1N(CCOCCO)C(=O)OCC)C32. The van der Waals surface area contributed by atoms with Crippen LogP contribution in [0, 0.1) is 24.7 Å². The molecule has 1 aromatic heterocycles. The van der Waals surface area contributed by atoms with Crippen LogP contribution >= 0.6 is 0 Å². The zero-order valence-electron chi connectivity index (χ0n) is 32.6. The minimum Gasteiger partial charge on any atom is -0.487 e. The Bertz CT molecular complexity index is 1620. The van der Waals surface area contributed by atoms with Crippen molar-refractivity contribution in [2.45, 2.75) is 83.1 Å². The fourth-order valence-electron chi connectivity index (χ4n) is 8.60. The number of unbranched alkanes of at least 4 members (excludes halogenated alkanes) is 2. The first-order valence-electron chi connectivity index (χ1n) is 19.6. The maximum absolute atomic E-state index is 14.0. The van der Waals surface area contributed by atoms with Gasteiger partial charge in [-0.1, -0.05) is 36.2 Å². The second-order valence-corrected chi connectivity index (χ2v) is 14.2. The van der Waals surface area contributed by atoms with E-state index in [4.69, 9.17) is 28.5 Å².